The maximum absolute atomic E-state index is 13.7. The zero-order chi connectivity index (χ0) is 17.5. The molecule has 2 rings (SSSR count). The van der Waals surface area contributed by atoms with Gasteiger partial charge in [0.2, 0.25) is 5.91 Å². The molecule has 0 fully saturated rings. The third-order valence-electron chi connectivity index (χ3n) is 3.42. The van der Waals surface area contributed by atoms with Gasteiger partial charge in [0, 0.05) is 23.3 Å². The molecular weight excluding hydrogens is 312 g/mol. The van der Waals surface area contributed by atoms with Crippen LogP contribution in [-0.2, 0) is 4.79 Å². The van der Waals surface area contributed by atoms with E-state index in [0.717, 1.165) is 17.7 Å². The second-order valence-electron chi connectivity index (χ2n) is 5.20. The first-order valence-electron chi connectivity index (χ1n) is 7.66. The van der Waals surface area contributed by atoms with E-state index in [9.17, 15) is 13.6 Å². The Morgan fingerprint density at radius 2 is 2.00 bits per heavy atom. The van der Waals surface area contributed by atoms with E-state index in [0.29, 0.717) is 12.4 Å². The van der Waals surface area contributed by atoms with Crippen LogP contribution in [0.3, 0.4) is 0 Å². The van der Waals surface area contributed by atoms with Gasteiger partial charge in [-0.15, -0.1) is 0 Å². The molecule has 126 valence electrons. The number of rotatable bonds is 6. The number of carbonyl (C=O) groups is 1. The standard InChI is InChI=1S/C19H19F2NO2/c1-3-24-18-7-5-4-6-14(18)8-11-19(23)22-13(2)16-10-9-15(20)12-17(16)21/h4-13H,3H2,1-2H3,(H,22,23)/b11-8+/t13-/m0/s1. The van der Waals surface area contributed by atoms with E-state index in [4.69, 9.17) is 4.74 Å². The van der Waals surface area contributed by atoms with Crippen LogP contribution in [0.1, 0.15) is 31.0 Å². The number of benzene rings is 2. The third-order valence-corrected chi connectivity index (χ3v) is 3.42. The number of para-hydroxylation sites is 1. The normalized spacial score (nSPS) is 12.2. The van der Waals surface area contributed by atoms with Crippen molar-refractivity contribution >= 4 is 12.0 Å². The van der Waals surface area contributed by atoms with Gasteiger partial charge in [0.25, 0.3) is 0 Å². The van der Waals surface area contributed by atoms with Gasteiger partial charge in [-0.05, 0) is 32.1 Å². The minimum atomic E-state index is -0.687. The fourth-order valence-electron chi connectivity index (χ4n) is 2.26. The molecule has 0 radical (unpaired) electrons. The molecule has 0 spiro atoms. The summed E-state index contributed by atoms with van der Waals surface area (Å²) in [5.41, 5.74) is 1.00. The highest BCUT2D eigenvalue weighted by Gasteiger charge is 2.13. The Hall–Kier alpha value is -2.69. The lowest BCUT2D eigenvalue weighted by Gasteiger charge is -2.14. The Balaban J connectivity index is 2.05. The maximum Gasteiger partial charge on any atom is 0.244 e. The van der Waals surface area contributed by atoms with Crippen LogP contribution in [0.4, 0.5) is 8.78 Å². The van der Waals surface area contributed by atoms with Crippen LogP contribution in [0.5, 0.6) is 5.75 Å². The monoisotopic (exact) mass is 331 g/mol. The molecule has 3 nitrogen and oxygen atoms in total. The number of amides is 1. The van der Waals surface area contributed by atoms with Gasteiger partial charge in [-0.2, -0.15) is 0 Å². The summed E-state index contributed by atoms with van der Waals surface area (Å²) in [6.45, 7) is 4.04. The van der Waals surface area contributed by atoms with Crippen LogP contribution in [-0.4, -0.2) is 12.5 Å². The number of hydrogen-bond acceptors (Lipinski definition) is 2. The molecule has 1 atom stereocenters. The van der Waals surface area contributed by atoms with E-state index in [-0.39, 0.29) is 11.5 Å². The highest BCUT2D eigenvalue weighted by molar-refractivity contribution is 5.92. The Morgan fingerprint density at radius 1 is 1.25 bits per heavy atom. The van der Waals surface area contributed by atoms with Crippen molar-refractivity contribution in [2.75, 3.05) is 6.61 Å². The van der Waals surface area contributed by atoms with Gasteiger partial charge < -0.3 is 10.1 Å². The van der Waals surface area contributed by atoms with E-state index in [1.54, 1.807) is 13.0 Å². The Kier molecular flexibility index (Phi) is 6.07. The van der Waals surface area contributed by atoms with E-state index in [1.807, 2.05) is 31.2 Å². The molecule has 24 heavy (non-hydrogen) atoms. The lowest BCUT2D eigenvalue weighted by molar-refractivity contribution is -0.117. The summed E-state index contributed by atoms with van der Waals surface area (Å²) in [5.74, 6) is -1.03. The molecule has 0 aliphatic carbocycles. The first kappa shape index (κ1) is 17.7. The molecule has 2 aromatic carbocycles. The average molecular weight is 331 g/mol. The molecule has 0 unspecified atom stereocenters. The molecule has 0 aliphatic heterocycles. The Morgan fingerprint density at radius 3 is 2.71 bits per heavy atom. The van der Waals surface area contributed by atoms with Crippen LogP contribution in [0.2, 0.25) is 0 Å². The van der Waals surface area contributed by atoms with Crippen LogP contribution in [0.15, 0.2) is 48.5 Å². The van der Waals surface area contributed by atoms with E-state index in [2.05, 4.69) is 5.32 Å². The van der Waals surface area contributed by atoms with Crippen molar-refractivity contribution in [3.63, 3.8) is 0 Å². The van der Waals surface area contributed by atoms with Crippen LogP contribution in [0.25, 0.3) is 6.08 Å². The number of ether oxygens (including phenoxy) is 1. The number of halogens is 2. The fraction of sp³-hybridized carbons (Fsp3) is 0.211. The predicted molar refractivity (Wildman–Crippen MR) is 89.6 cm³/mol. The molecule has 1 amide bonds. The largest absolute Gasteiger partial charge is 0.493 e. The van der Waals surface area contributed by atoms with Crippen LogP contribution >= 0.6 is 0 Å². The lowest BCUT2D eigenvalue weighted by Crippen LogP contribution is -2.25. The summed E-state index contributed by atoms with van der Waals surface area (Å²) < 4.78 is 32.1. The number of carbonyl (C=O) groups excluding carboxylic acids is 1. The van der Waals surface area contributed by atoms with Crippen molar-refractivity contribution in [1.29, 1.82) is 0 Å². The highest BCUT2D eigenvalue weighted by Crippen LogP contribution is 2.20. The second kappa shape index (κ2) is 8.24. The molecule has 5 heteroatoms. The van der Waals surface area contributed by atoms with Crippen molar-refractivity contribution in [3.05, 3.63) is 71.3 Å². The molecule has 2 aromatic rings. The third kappa shape index (κ3) is 4.65. The average Bonchev–Trinajstić information content (AvgIpc) is 2.54. The molecule has 0 bridgehead atoms. The van der Waals surface area contributed by atoms with Gasteiger partial charge in [-0.25, -0.2) is 8.78 Å². The summed E-state index contributed by atoms with van der Waals surface area (Å²) in [6.07, 6.45) is 2.99. The Bertz CT molecular complexity index is 744. The van der Waals surface area contributed by atoms with Gasteiger partial charge >= 0.3 is 0 Å². The highest BCUT2D eigenvalue weighted by atomic mass is 19.1. The first-order chi connectivity index (χ1) is 11.5. The molecule has 0 saturated carbocycles. The van der Waals surface area contributed by atoms with E-state index >= 15 is 0 Å². The fourth-order valence-corrected chi connectivity index (χ4v) is 2.26. The molecule has 0 saturated heterocycles. The van der Waals surface area contributed by atoms with Gasteiger partial charge in [-0.1, -0.05) is 24.3 Å². The minimum Gasteiger partial charge on any atom is -0.493 e. The van der Waals surface area contributed by atoms with Crippen molar-refractivity contribution in [2.24, 2.45) is 0 Å². The topological polar surface area (TPSA) is 38.3 Å². The second-order valence-corrected chi connectivity index (χ2v) is 5.20. The summed E-state index contributed by atoms with van der Waals surface area (Å²) in [4.78, 5) is 12.0. The quantitative estimate of drug-likeness (QED) is 0.804. The first-order valence-corrected chi connectivity index (χ1v) is 7.66. The smallest absolute Gasteiger partial charge is 0.244 e. The summed E-state index contributed by atoms with van der Waals surface area (Å²) >= 11 is 0. The van der Waals surface area contributed by atoms with Crippen molar-refractivity contribution in [1.82, 2.24) is 5.32 Å². The van der Waals surface area contributed by atoms with Gasteiger partial charge in [0.15, 0.2) is 0 Å². The lowest BCUT2D eigenvalue weighted by atomic mass is 10.1. The van der Waals surface area contributed by atoms with Crippen molar-refractivity contribution < 1.29 is 18.3 Å². The summed E-state index contributed by atoms with van der Waals surface area (Å²) in [5, 5.41) is 2.65. The molecule has 0 aliphatic rings. The molecular formula is C19H19F2NO2. The van der Waals surface area contributed by atoms with Crippen molar-refractivity contribution in [2.45, 2.75) is 19.9 Å². The van der Waals surface area contributed by atoms with Crippen LogP contribution in [0, 0.1) is 11.6 Å². The van der Waals surface area contributed by atoms with Gasteiger partial charge in [0.05, 0.1) is 12.6 Å². The Labute approximate surface area is 140 Å². The number of hydrogen-bond donors (Lipinski definition) is 1. The summed E-state index contributed by atoms with van der Waals surface area (Å²) in [6, 6.07) is 10.0. The maximum atomic E-state index is 13.7. The van der Waals surface area contributed by atoms with E-state index in [1.165, 1.54) is 12.1 Å². The van der Waals surface area contributed by atoms with Crippen molar-refractivity contribution in [3.8, 4) is 5.75 Å². The minimum absolute atomic E-state index is 0.230. The SMILES string of the molecule is CCOc1ccccc1/C=C/C(=O)N[C@@H](C)c1ccc(F)cc1F. The molecule has 0 heterocycles. The van der Waals surface area contributed by atoms with Crippen LogP contribution < -0.4 is 10.1 Å². The zero-order valence-corrected chi connectivity index (χ0v) is 13.6. The van der Waals surface area contributed by atoms with E-state index < -0.39 is 17.7 Å². The molecule has 0 aromatic heterocycles. The van der Waals surface area contributed by atoms with Gasteiger partial charge in [-0.3, -0.25) is 4.79 Å². The number of nitrogens with one attached hydrogen (secondary N) is 1. The van der Waals surface area contributed by atoms with Gasteiger partial charge in [0.1, 0.15) is 17.4 Å². The molecule has 1 N–H and O–H groups in total. The summed E-state index contributed by atoms with van der Waals surface area (Å²) in [7, 11) is 0. The predicted octanol–water partition coefficient (Wildman–Crippen LogP) is 4.25. The zero-order valence-electron chi connectivity index (χ0n) is 13.6.